The van der Waals surface area contributed by atoms with E-state index in [2.05, 4.69) is 10.9 Å². The number of nitrogens with two attached hydrogens (primary N) is 1. The number of nitrogens with one attached hydrogen (secondary N) is 2. The van der Waals surface area contributed by atoms with Crippen LogP contribution in [0, 0.1) is 0 Å². The minimum absolute atomic E-state index is 0.588. The molecule has 3 nitrogen and oxygen atoms in total. The highest BCUT2D eigenvalue weighted by molar-refractivity contribution is 5.20. The maximum Gasteiger partial charge on any atom is 0.0223 e. The van der Waals surface area contributed by atoms with Crippen LogP contribution < -0.4 is 16.6 Å². The van der Waals surface area contributed by atoms with Gasteiger partial charge in [0.25, 0.3) is 0 Å². The molecule has 0 aliphatic carbocycles. The fraction of sp³-hybridized carbons (Fsp3) is 0.200. The van der Waals surface area contributed by atoms with Crippen molar-refractivity contribution in [1.82, 2.24) is 10.9 Å². The molecule has 0 saturated carbocycles. The van der Waals surface area contributed by atoms with Crippen molar-refractivity contribution in [2.24, 2.45) is 5.73 Å². The van der Waals surface area contributed by atoms with E-state index >= 15 is 0 Å². The van der Waals surface area contributed by atoms with Crippen LogP contribution in [0.15, 0.2) is 24.0 Å². The Morgan fingerprint density at radius 3 is 2.75 bits per heavy atom. The molecule has 0 aromatic carbocycles. The second-order valence-corrected chi connectivity index (χ2v) is 1.55. The van der Waals surface area contributed by atoms with Crippen LogP contribution in [-0.4, -0.2) is 6.54 Å². The molecule has 0 amide bonds. The third-order valence-corrected chi connectivity index (χ3v) is 0.957. The quantitative estimate of drug-likeness (QED) is 0.425. The smallest absolute Gasteiger partial charge is 0.0223 e. The second kappa shape index (κ2) is 2.37. The monoisotopic (exact) mass is 111 g/mol. The lowest BCUT2D eigenvalue weighted by atomic mass is 10.3. The lowest BCUT2D eigenvalue weighted by molar-refractivity contribution is 0.755. The molecule has 0 aromatic rings. The summed E-state index contributed by atoms with van der Waals surface area (Å²) in [6.07, 6.45) is 5.57. The van der Waals surface area contributed by atoms with Gasteiger partial charge in [0, 0.05) is 18.9 Å². The van der Waals surface area contributed by atoms with Gasteiger partial charge in [0.15, 0.2) is 0 Å². The summed E-state index contributed by atoms with van der Waals surface area (Å²) in [5.74, 6) is 0. The number of hydrogen-bond donors (Lipinski definition) is 3. The van der Waals surface area contributed by atoms with E-state index in [-0.39, 0.29) is 0 Å². The van der Waals surface area contributed by atoms with Gasteiger partial charge in [0.1, 0.15) is 0 Å². The molecule has 0 aromatic heterocycles. The van der Waals surface area contributed by atoms with Crippen LogP contribution in [-0.2, 0) is 0 Å². The molecule has 1 heterocycles. The van der Waals surface area contributed by atoms with Gasteiger partial charge in [0.2, 0.25) is 0 Å². The molecule has 0 spiro atoms. The van der Waals surface area contributed by atoms with Crippen molar-refractivity contribution in [2.75, 3.05) is 6.54 Å². The normalized spacial score (nSPS) is 16.4. The Balaban J connectivity index is 2.51. The highest BCUT2D eigenvalue weighted by Crippen LogP contribution is 1.92. The first-order valence-corrected chi connectivity index (χ1v) is 2.50. The Labute approximate surface area is 48.2 Å². The van der Waals surface area contributed by atoms with Crippen molar-refractivity contribution < 1.29 is 0 Å². The Morgan fingerprint density at radius 2 is 2.38 bits per heavy atom. The van der Waals surface area contributed by atoms with Crippen LogP contribution >= 0.6 is 0 Å². The maximum absolute atomic E-state index is 5.32. The van der Waals surface area contributed by atoms with Crippen molar-refractivity contribution in [1.29, 1.82) is 0 Å². The van der Waals surface area contributed by atoms with E-state index in [0.717, 1.165) is 5.57 Å². The first-order chi connectivity index (χ1) is 3.93. The van der Waals surface area contributed by atoms with Crippen molar-refractivity contribution in [2.45, 2.75) is 0 Å². The summed E-state index contributed by atoms with van der Waals surface area (Å²) in [7, 11) is 0. The molecule has 3 heteroatoms. The molecule has 4 N–H and O–H groups in total. The molecule has 1 aliphatic heterocycles. The van der Waals surface area contributed by atoms with E-state index in [1.807, 2.05) is 18.5 Å². The molecule has 0 atom stereocenters. The summed E-state index contributed by atoms with van der Waals surface area (Å²) in [6.45, 7) is 0.588. The standard InChI is InChI=1S/C5H9N3/c6-3-5-1-2-7-8-4-5/h1-2,4,7-8H,3,6H2. The molecule has 0 bridgehead atoms. The molecule has 0 fully saturated rings. The third-order valence-electron chi connectivity index (χ3n) is 0.957. The van der Waals surface area contributed by atoms with Crippen LogP contribution in [0.25, 0.3) is 0 Å². The van der Waals surface area contributed by atoms with E-state index in [1.165, 1.54) is 0 Å². The van der Waals surface area contributed by atoms with Crippen LogP contribution in [0.1, 0.15) is 0 Å². The lowest BCUT2D eigenvalue weighted by Crippen LogP contribution is -2.24. The Bertz CT molecular complexity index is 126. The van der Waals surface area contributed by atoms with Gasteiger partial charge in [-0.05, 0) is 11.6 Å². The van der Waals surface area contributed by atoms with Crippen LogP contribution in [0.2, 0.25) is 0 Å². The molecular formula is C5H9N3. The van der Waals surface area contributed by atoms with Gasteiger partial charge < -0.3 is 16.6 Å². The van der Waals surface area contributed by atoms with Crippen LogP contribution in [0.5, 0.6) is 0 Å². The van der Waals surface area contributed by atoms with Gasteiger partial charge in [-0.3, -0.25) is 0 Å². The van der Waals surface area contributed by atoms with Gasteiger partial charge in [-0.15, -0.1) is 0 Å². The molecule has 0 radical (unpaired) electrons. The summed E-state index contributed by atoms with van der Waals surface area (Å²) in [6, 6.07) is 0. The lowest BCUT2D eigenvalue weighted by Gasteiger charge is -2.06. The minimum Gasteiger partial charge on any atom is -0.326 e. The van der Waals surface area contributed by atoms with Crippen molar-refractivity contribution in [3.63, 3.8) is 0 Å². The summed E-state index contributed by atoms with van der Waals surface area (Å²) in [4.78, 5) is 0. The van der Waals surface area contributed by atoms with Crippen molar-refractivity contribution in [3.05, 3.63) is 24.0 Å². The SMILES string of the molecule is NCC1=CNNC=C1. The zero-order valence-corrected chi connectivity index (χ0v) is 4.52. The summed E-state index contributed by atoms with van der Waals surface area (Å²) in [5.41, 5.74) is 12.0. The predicted molar refractivity (Wildman–Crippen MR) is 32.5 cm³/mol. The Morgan fingerprint density at radius 1 is 1.50 bits per heavy atom. The highest BCUT2D eigenvalue weighted by atomic mass is 15.3. The van der Waals surface area contributed by atoms with Gasteiger partial charge in [-0.1, -0.05) is 0 Å². The van der Waals surface area contributed by atoms with Gasteiger partial charge >= 0.3 is 0 Å². The average molecular weight is 111 g/mol. The fourth-order valence-corrected chi connectivity index (χ4v) is 0.506. The second-order valence-electron chi connectivity index (χ2n) is 1.55. The van der Waals surface area contributed by atoms with E-state index in [1.54, 1.807) is 0 Å². The van der Waals surface area contributed by atoms with Crippen molar-refractivity contribution in [3.8, 4) is 0 Å². The molecular weight excluding hydrogens is 102 g/mol. The largest absolute Gasteiger partial charge is 0.326 e. The van der Waals surface area contributed by atoms with Crippen molar-refractivity contribution >= 4 is 0 Å². The molecule has 0 saturated heterocycles. The van der Waals surface area contributed by atoms with E-state index in [0.29, 0.717) is 6.54 Å². The first kappa shape index (κ1) is 5.18. The van der Waals surface area contributed by atoms with E-state index in [4.69, 9.17) is 5.73 Å². The molecule has 1 rings (SSSR count). The minimum atomic E-state index is 0.588. The number of hydrogen-bond acceptors (Lipinski definition) is 3. The zero-order chi connectivity index (χ0) is 5.82. The predicted octanol–water partition coefficient (Wildman–Crippen LogP) is -0.550. The molecule has 0 unspecified atom stereocenters. The van der Waals surface area contributed by atoms with E-state index < -0.39 is 0 Å². The maximum atomic E-state index is 5.32. The van der Waals surface area contributed by atoms with Crippen LogP contribution in [0.3, 0.4) is 0 Å². The van der Waals surface area contributed by atoms with Gasteiger partial charge in [0.05, 0.1) is 0 Å². The number of hydrazine groups is 1. The van der Waals surface area contributed by atoms with Gasteiger partial charge in [-0.25, -0.2) is 0 Å². The third kappa shape index (κ3) is 1.01. The van der Waals surface area contributed by atoms with E-state index in [9.17, 15) is 0 Å². The average Bonchev–Trinajstić information content (AvgIpc) is 1.90. The first-order valence-electron chi connectivity index (χ1n) is 2.50. The van der Waals surface area contributed by atoms with Crippen LogP contribution in [0.4, 0.5) is 0 Å². The zero-order valence-electron chi connectivity index (χ0n) is 4.52. The Kier molecular flexibility index (Phi) is 1.54. The summed E-state index contributed by atoms with van der Waals surface area (Å²) < 4.78 is 0. The Hall–Kier alpha value is -0.960. The number of rotatable bonds is 1. The van der Waals surface area contributed by atoms with Gasteiger partial charge in [-0.2, -0.15) is 0 Å². The summed E-state index contributed by atoms with van der Waals surface area (Å²) >= 11 is 0. The molecule has 44 valence electrons. The molecule has 1 aliphatic rings. The molecule has 8 heavy (non-hydrogen) atoms. The summed E-state index contributed by atoms with van der Waals surface area (Å²) in [5, 5.41) is 0. The fourth-order valence-electron chi connectivity index (χ4n) is 0.506. The highest BCUT2D eigenvalue weighted by Gasteiger charge is 1.88. The topological polar surface area (TPSA) is 50.1 Å².